The van der Waals surface area contributed by atoms with E-state index in [2.05, 4.69) is 31.0 Å². The van der Waals surface area contributed by atoms with Crippen molar-refractivity contribution in [2.75, 3.05) is 0 Å². The maximum absolute atomic E-state index is 4.11. The normalized spacial score (nSPS) is 9.43. The van der Waals surface area contributed by atoms with Crippen molar-refractivity contribution >= 4 is 10.8 Å². The van der Waals surface area contributed by atoms with Crippen molar-refractivity contribution in [3.63, 3.8) is 0 Å². The predicted molar refractivity (Wildman–Crippen MR) is 62.6 cm³/mol. The summed E-state index contributed by atoms with van der Waals surface area (Å²) < 4.78 is 0. The number of hydrogen-bond acceptors (Lipinski definition) is 1. The van der Waals surface area contributed by atoms with Gasteiger partial charge in [-0.1, -0.05) is 26.0 Å². The first-order chi connectivity index (χ1) is 6.79. The minimum Gasteiger partial charge on any atom is -0.264 e. The lowest BCUT2D eigenvalue weighted by molar-refractivity contribution is 1.32. The highest BCUT2D eigenvalue weighted by Gasteiger charge is 1.98. The summed E-state index contributed by atoms with van der Waals surface area (Å²) in [6, 6.07) is 6.33. The van der Waals surface area contributed by atoms with Gasteiger partial charge in [-0.2, -0.15) is 0 Å². The number of rotatable bonds is 0. The fourth-order valence-corrected chi connectivity index (χ4v) is 1.42. The van der Waals surface area contributed by atoms with E-state index in [0.29, 0.717) is 0 Å². The number of nitrogens with zero attached hydrogens (tertiary/aromatic N) is 1. The van der Waals surface area contributed by atoms with E-state index in [4.69, 9.17) is 0 Å². The van der Waals surface area contributed by atoms with Gasteiger partial charge in [0.15, 0.2) is 0 Å². The van der Waals surface area contributed by atoms with Gasteiger partial charge in [-0.15, -0.1) is 0 Å². The molecule has 0 aliphatic heterocycles. The Bertz CT molecular complexity index is 419. The lowest BCUT2D eigenvalue weighted by Crippen LogP contribution is -1.83. The summed E-state index contributed by atoms with van der Waals surface area (Å²) in [5.41, 5.74) is 2.66. The summed E-state index contributed by atoms with van der Waals surface area (Å²) in [4.78, 5) is 4.11. The van der Waals surface area contributed by atoms with Crippen LogP contribution in [0.4, 0.5) is 0 Å². The van der Waals surface area contributed by atoms with E-state index >= 15 is 0 Å². The Balaban J connectivity index is 0.000000461. The summed E-state index contributed by atoms with van der Waals surface area (Å²) >= 11 is 0. The molecular weight excluding hydrogens is 170 g/mol. The van der Waals surface area contributed by atoms with Crippen LogP contribution in [0.15, 0.2) is 30.6 Å². The van der Waals surface area contributed by atoms with Gasteiger partial charge in [0.1, 0.15) is 0 Å². The molecule has 0 fully saturated rings. The summed E-state index contributed by atoms with van der Waals surface area (Å²) in [5, 5.41) is 2.53. The van der Waals surface area contributed by atoms with Crippen molar-refractivity contribution in [2.45, 2.75) is 27.7 Å². The van der Waals surface area contributed by atoms with E-state index in [1.54, 1.807) is 0 Å². The topological polar surface area (TPSA) is 12.9 Å². The average molecular weight is 187 g/mol. The highest BCUT2D eigenvalue weighted by molar-refractivity contribution is 5.85. The molecule has 0 amide bonds. The second kappa shape index (κ2) is 4.75. The van der Waals surface area contributed by atoms with Gasteiger partial charge in [-0.25, -0.2) is 0 Å². The Morgan fingerprint density at radius 2 is 1.71 bits per heavy atom. The van der Waals surface area contributed by atoms with Crippen LogP contribution in [0.25, 0.3) is 10.8 Å². The van der Waals surface area contributed by atoms with Gasteiger partial charge >= 0.3 is 0 Å². The van der Waals surface area contributed by atoms with Crippen molar-refractivity contribution < 1.29 is 0 Å². The van der Waals surface area contributed by atoms with Crippen molar-refractivity contribution in [1.82, 2.24) is 4.98 Å². The fraction of sp³-hybridized carbons (Fsp3) is 0.308. The van der Waals surface area contributed by atoms with Crippen molar-refractivity contribution in [3.8, 4) is 0 Å². The quantitative estimate of drug-likeness (QED) is 0.610. The lowest BCUT2D eigenvalue weighted by Gasteiger charge is -2.03. The Morgan fingerprint density at radius 3 is 2.43 bits per heavy atom. The van der Waals surface area contributed by atoms with Gasteiger partial charge in [0.2, 0.25) is 0 Å². The summed E-state index contributed by atoms with van der Waals surface area (Å²) in [5.74, 6) is 0. The van der Waals surface area contributed by atoms with E-state index < -0.39 is 0 Å². The largest absolute Gasteiger partial charge is 0.264 e. The molecule has 0 atom stereocenters. The summed E-state index contributed by atoms with van der Waals surface area (Å²) in [6.07, 6.45) is 3.76. The van der Waals surface area contributed by atoms with Crippen LogP contribution in [0.3, 0.4) is 0 Å². The third-order valence-corrected chi connectivity index (χ3v) is 2.36. The second-order valence-corrected chi connectivity index (χ2v) is 3.10. The van der Waals surface area contributed by atoms with Crippen LogP contribution in [0.5, 0.6) is 0 Å². The van der Waals surface area contributed by atoms with Crippen molar-refractivity contribution in [2.24, 2.45) is 0 Å². The second-order valence-electron chi connectivity index (χ2n) is 3.10. The van der Waals surface area contributed by atoms with Crippen LogP contribution in [-0.4, -0.2) is 4.98 Å². The van der Waals surface area contributed by atoms with Gasteiger partial charge in [0, 0.05) is 17.8 Å². The molecule has 0 spiro atoms. The molecule has 2 aromatic rings. The van der Waals surface area contributed by atoms with Gasteiger partial charge in [0.25, 0.3) is 0 Å². The van der Waals surface area contributed by atoms with E-state index in [9.17, 15) is 0 Å². The number of hydrogen-bond donors (Lipinski definition) is 0. The first kappa shape index (κ1) is 10.7. The predicted octanol–water partition coefficient (Wildman–Crippen LogP) is 3.88. The molecule has 1 aromatic carbocycles. The Hall–Kier alpha value is -1.37. The fourth-order valence-electron chi connectivity index (χ4n) is 1.42. The zero-order valence-electron chi connectivity index (χ0n) is 9.33. The Kier molecular flexibility index (Phi) is 3.63. The SMILES string of the molecule is CC.Cc1ccc2ccncc2c1C. The number of pyridine rings is 1. The molecule has 14 heavy (non-hydrogen) atoms. The molecule has 2 rings (SSSR count). The van der Waals surface area contributed by atoms with E-state index in [0.717, 1.165) is 0 Å². The Labute approximate surface area is 85.8 Å². The smallest absolute Gasteiger partial charge is 0.0349 e. The number of aryl methyl sites for hydroxylation is 2. The number of fused-ring (bicyclic) bond motifs is 1. The minimum atomic E-state index is 1.26. The van der Waals surface area contributed by atoms with E-state index in [1.165, 1.54) is 21.9 Å². The molecule has 0 bridgehead atoms. The molecule has 1 heteroatoms. The van der Waals surface area contributed by atoms with Crippen LogP contribution in [-0.2, 0) is 0 Å². The van der Waals surface area contributed by atoms with Gasteiger partial charge in [0.05, 0.1) is 0 Å². The molecular formula is C13H17N. The molecule has 0 saturated heterocycles. The zero-order valence-corrected chi connectivity index (χ0v) is 9.33. The first-order valence-electron chi connectivity index (χ1n) is 5.09. The van der Waals surface area contributed by atoms with Crippen molar-refractivity contribution in [3.05, 3.63) is 41.7 Å². The van der Waals surface area contributed by atoms with Crippen LogP contribution in [0, 0.1) is 13.8 Å². The van der Waals surface area contributed by atoms with Gasteiger partial charge in [-0.3, -0.25) is 4.98 Å². The first-order valence-corrected chi connectivity index (χ1v) is 5.09. The van der Waals surface area contributed by atoms with Crippen molar-refractivity contribution in [1.29, 1.82) is 0 Å². The molecule has 0 unspecified atom stereocenters. The Morgan fingerprint density at radius 1 is 1.00 bits per heavy atom. The standard InChI is InChI=1S/C11H11N.C2H6/c1-8-3-4-10-5-6-12-7-11(10)9(8)2;1-2/h3-7H,1-2H3;1-2H3. The highest BCUT2D eigenvalue weighted by Crippen LogP contribution is 2.19. The maximum atomic E-state index is 4.11. The third-order valence-electron chi connectivity index (χ3n) is 2.36. The van der Waals surface area contributed by atoms with E-state index in [-0.39, 0.29) is 0 Å². The molecule has 1 heterocycles. The monoisotopic (exact) mass is 187 g/mol. The van der Waals surface area contributed by atoms with E-state index in [1.807, 2.05) is 32.3 Å². The molecule has 1 aromatic heterocycles. The number of benzene rings is 1. The third kappa shape index (κ3) is 1.92. The number of aromatic nitrogens is 1. The molecule has 1 nitrogen and oxygen atoms in total. The van der Waals surface area contributed by atoms with Gasteiger partial charge < -0.3 is 0 Å². The molecule has 0 aliphatic rings. The van der Waals surface area contributed by atoms with Crippen LogP contribution >= 0.6 is 0 Å². The molecule has 74 valence electrons. The average Bonchev–Trinajstić information content (AvgIpc) is 2.27. The van der Waals surface area contributed by atoms with Crippen LogP contribution < -0.4 is 0 Å². The maximum Gasteiger partial charge on any atom is 0.0349 e. The molecule has 0 aliphatic carbocycles. The molecule has 0 radical (unpaired) electrons. The highest BCUT2D eigenvalue weighted by atomic mass is 14.6. The molecule has 0 saturated carbocycles. The van der Waals surface area contributed by atoms with Crippen LogP contribution in [0.1, 0.15) is 25.0 Å². The minimum absolute atomic E-state index is 1.26. The van der Waals surface area contributed by atoms with Crippen LogP contribution in [0.2, 0.25) is 0 Å². The zero-order chi connectivity index (χ0) is 10.6. The lowest BCUT2D eigenvalue weighted by atomic mass is 10.0. The summed E-state index contributed by atoms with van der Waals surface area (Å²) in [6.45, 7) is 8.26. The van der Waals surface area contributed by atoms with Gasteiger partial charge in [-0.05, 0) is 36.4 Å². The summed E-state index contributed by atoms with van der Waals surface area (Å²) in [7, 11) is 0. The molecule has 0 N–H and O–H groups in total.